The second-order valence-corrected chi connectivity index (χ2v) is 4.87. The number of aryl methyl sites for hydroxylation is 1. The smallest absolute Gasteiger partial charge is 0.311 e. The van der Waals surface area contributed by atoms with E-state index in [9.17, 15) is 10.1 Å². The van der Waals surface area contributed by atoms with E-state index in [1.54, 1.807) is 19.1 Å². The summed E-state index contributed by atoms with van der Waals surface area (Å²) in [5.74, 6) is 0.252. The van der Waals surface area contributed by atoms with Gasteiger partial charge in [-0.1, -0.05) is 29.8 Å². The highest BCUT2D eigenvalue weighted by molar-refractivity contribution is 6.31. The number of rotatable bonds is 4. The number of pyridine rings is 1. The number of nitrogens with zero attached hydrogens (tertiary/aromatic N) is 2. The van der Waals surface area contributed by atoms with Crippen LogP contribution in [0.2, 0.25) is 5.02 Å². The molecule has 1 aromatic carbocycles. The number of nitrogens with one attached hydrogen (secondary N) is 1. The summed E-state index contributed by atoms with van der Waals surface area (Å²) in [5.41, 5.74) is 1.53. The highest BCUT2D eigenvalue weighted by Crippen LogP contribution is 2.29. The van der Waals surface area contributed by atoms with Crippen LogP contribution in [0.15, 0.2) is 36.4 Å². The zero-order valence-electron chi connectivity index (χ0n) is 11.1. The average Bonchev–Trinajstić information content (AvgIpc) is 2.38. The van der Waals surface area contributed by atoms with Crippen molar-refractivity contribution >= 4 is 23.1 Å². The van der Waals surface area contributed by atoms with Crippen LogP contribution >= 0.6 is 11.6 Å². The minimum atomic E-state index is -0.450. The van der Waals surface area contributed by atoms with E-state index in [0.29, 0.717) is 10.7 Å². The van der Waals surface area contributed by atoms with Gasteiger partial charge in [-0.3, -0.25) is 10.1 Å². The van der Waals surface area contributed by atoms with Gasteiger partial charge in [-0.25, -0.2) is 4.98 Å². The summed E-state index contributed by atoms with van der Waals surface area (Å²) in [6, 6.07) is 10.3. The Kier molecular flexibility index (Phi) is 4.20. The number of hydrogen-bond acceptors (Lipinski definition) is 4. The SMILES string of the molecule is Cc1ccc([N+](=O)[O-])c(NC(C)c2ccccc2Cl)n1. The van der Waals surface area contributed by atoms with Crippen molar-refractivity contribution in [2.45, 2.75) is 19.9 Å². The molecule has 1 heterocycles. The van der Waals surface area contributed by atoms with Crippen LogP contribution in [-0.2, 0) is 0 Å². The Morgan fingerprint density at radius 3 is 2.65 bits per heavy atom. The van der Waals surface area contributed by atoms with Gasteiger partial charge in [0, 0.05) is 16.8 Å². The Bertz CT molecular complexity index is 646. The molecule has 1 N–H and O–H groups in total. The highest BCUT2D eigenvalue weighted by atomic mass is 35.5. The van der Waals surface area contributed by atoms with E-state index in [4.69, 9.17) is 11.6 Å². The maximum absolute atomic E-state index is 11.0. The zero-order chi connectivity index (χ0) is 14.7. The number of hydrogen-bond donors (Lipinski definition) is 1. The van der Waals surface area contributed by atoms with Crippen LogP contribution in [0.25, 0.3) is 0 Å². The van der Waals surface area contributed by atoms with E-state index < -0.39 is 4.92 Å². The first-order chi connectivity index (χ1) is 9.49. The first-order valence-corrected chi connectivity index (χ1v) is 6.50. The number of anilines is 1. The van der Waals surface area contributed by atoms with Crippen LogP contribution in [0.5, 0.6) is 0 Å². The van der Waals surface area contributed by atoms with Gasteiger partial charge in [0.15, 0.2) is 0 Å². The molecule has 0 aliphatic carbocycles. The molecule has 0 fully saturated rings. The third kappa shape index (κ3) is 3.05. The molecule has 1 atom stereocenters. The molecule has 0 bridgehead atoms. The van der Waals surface area contributed by atoms with Crippen LogP contribution in [0.3, 0.4) is 0 Å². The maximum Gasteiger partial charge on any atom is 0.311 e. The summed E-state index contributed by atoms with van der Waals surface area (Å²) in [7, 11) is 0. The first kappa shape index (κ1) is 14.3. The number of nitro groups is 1. The minimum absolute atomic E-state index is 0.0468. The fraction of sp³-hybridized carbons (Fsp3) is 0.214. The van der Waals surface area contributed by atoms with E-state index >= 15 is 0 Å². The molecule has 2 rings (SSSR count). The van der Waals surface area contributed by atoms with E-state index in [1.165, 1.54) is 6.07 Å². The van der Waals surface area contributed by atoms with Gasteiger partial charge in [-0.15, -0.1) is 0 Å². The third-order valence-corrected chi connectivity index (χ3v) is 3.28. The second-order valence-electron chi connectivity index (χ2n) is 4.47. The summed E-state index contributed by atoms with van der Waals surface area (Å²) in [6.45, 7) is 3.67. The molecule has 1 aromatic heterocycles. The van der Waals surface area contributed by atoms with Gasteiger partial charge in [-0.2, -0.15) is 0 Å². The average molecular weight is 292 g/mol. The fourth-order valence-electron chi connectivity index (χ4n) is 1.91. The first-order valence-electron chi connectivity index (χ1n) is 6.12. The second kappa shape index (κ2) is 5.88. The molecule has 0 spiro atoms. The Morgan fingerprint density at radius 2 is 2.00 bits per heavy atom. The van der Waals surface area contributed by atoms with Crippen LogP contribution < -0.4 is 5.32 Å². The Balaban J connectivity index is 2.32. The molecule has 0 saturated heterocycles. The molecule has 1 unspecified atom stereocenters. The summed E-state index contributed by atoms with van der Waals surface area (Å²) >= 11 is 6.12. The zero-order valence-corrected chi connectivity index (χ0v) is 11.9. The predicted octanol–water partition coefficient (Wildman–Crippen LogP) is 4.12. The largest absolute Gasteiger partial charge is 0.358 e. The summed E-state index contributed by atoms with van der Waals surface area (Å²) in [4.78, 5) is 14.8. The standard InChI is InChI=1S/C14H14ClN3O2/c1-9-7-8-13(18(19)20)14(16-9)17-10(2)11-5-3-4-6-12(11)15/h3-8,10H,1-2H3,(H,16,17). The number of halogens is 1. The van der Waals surface area contributed by atoms with Crippen molar-refractivity contribution in [1.82, 2.24) is 4.98 Å². The molecule has 0 radical (unpaired) electrons. The molecular formula is C14H14ClN3O2. The van der Waals surface area contributed by atoms with Gasteiger partial charge >= 0.3 is 5.69 Å². The van der Waals surface area contributed by atoms with Gasteiger partial charge in [0.1, 0.15) is 0 Å². The van der Waals surface area contributed by atoms with Crippen LogP contribution in [0.4, 0.5) is 11.5 Å². The van der Waals surface area contributed by atoms with E-state index in [0.717, 1.165) is 5.56 Å². The Labute approximate surface area is 121 Å². The van der Waals surface area contributed by atoms with Crippen molar-refractivity contribution in [2.75, 3.05) is 5.32 Å². The quantitative estimate of drug-likeness (QED) is 0.679. The molecule has 6 heteroatoms. The van der Waals surface area contributed by atoms with Gasteiger partial charge < -0.3 is 5.32 Å². The van der Waals surface area contributed by atoms with Crippen molar-refractivity contribution in [3.8, 4) is 0 Å². The molecule has 5 nitrogen and oxygen atoms in total. The third-order valence-electron chi connectivity index (χ3n) is 2.93. The van der Waals surface area contributed by atoms with Gasteiger partial charge in [0.05, 0.1) is 11.0 Å². The van der Waals surface area contributed by atoms with Gasteiger partial charge in [0.25, 0.3) is 0 Å². The van der Waals surface area contributed by atoms with Gasteiger partial charge in [-0.05, 0) is 31.5 Å². The molecule has 104 valence electrons. The van der Waals surface area contributed by atoms with Crippen LogP contribution in [0, 0.1) is 17.0 Å². The van der Waals surface area contributed by atoms with E-state index in [2.05, 4.69) is 10.3 Å². The van der Waals surface area contributed by atoms with Crippen molar-refractivity contribution in [3.63, 3.8) is 0 Å². The Morgan fingerprint density at radius 1 is 1.30 bits per heavy atom. The van der Waals surface area contributed by atoms with Crippen molar-refractivity contribution < 1.29 is 4.92 Å². The molecule has 2 aromatic rings. The van der Waals surface area contributed by atoms with Gasteiger partial charge in [0.2, 0.25) is 5.82 Å². The lowest BCUT2D eigenvalue weighted by Crippen LogP contribution is -2.10. The molecule has 0 aliphatic heterocycles. The van der Waals surface area contributed by atoms with Crippen molar-refractivity contribution in [3.05, 3.63) is 62.8 Å². The molecule has 0 aliphatic rings. The van der Waals surface area contributed by atoms with Crippen molar-refractivity contribution in [2.24, 2.45) is 0 Å². The molecular weight excluding hydrogens is 278 g/mol. The normalized spacial score (nSPS) is 11.9. The predicted molar refractivity (Wildman–Crippen MR) is 79.1 cm³/mol. The molecule has 0 amide bonds. The molecule has 0 saturated carbocycles. The van der Waals surface area contributed by atoms with Crippen LogP contribution in [-0.4, -0.2) is 9.91 Å². The number of benzene rings is 1. The lowest BCUT2D eigenvalue weighted by atomic mass is 10.1. The topological polar surface area (TPSA) is 68.1 Å². The molecule has 20 heavy (non-hydrogen) atoms. The lowest BCUT2D eigenvalue weighted by molar-refractivity contribution is -0.384. The van der Waals surface area contributed by atoms with E-state index in [-0.39, 0.29) is 17.5 Å². The Hall–Kier alpha value is -2.14. The highest BCUT2D eigenvalue weighted by Gasteiger charge is 2.18. The lowest BCUT2D eigenvalue weighted by Gasteiger charge is -2.16. The summed E-state index contributed by atoms with van der Waals surface area (Å²) < 4.78 is 0. The van der Waals surface area contributed by atoms with E-state index in [1.807, 2.05) is 25.1 Å². The monoisotopic (exact) mass is 291 g/mol. The summed E-state index contributed by atoms with van der Waals surface area (Å²) in [6.07, 6.45) is 0. The maximum atomic E-state index is 11.0. The van der Waals surface area contributed by atoms with Crippen molar-refractivity contribution in [1.29, 1.82) is 0 Å². The summed E-state index contributed by atoms with van der Waals surface area (Å²) in [5, 5.41) is 14.7. The van der Waals surface area contributed by atoms with Crippen LogP contribution in [0.1, 0.15) is 24.2 Å². The minimum Gasteiger partial charge on any atom is -0.358 e. The number of aromatic nitrogens is 1. The fourth-order valence-corrected chi connectivity index (χ4v) is 2.21.